The molecule has 0 aliphatic heterocycles. The lowest BCUT2D eigenvalue weighted by molar-refractivity contribution is 0.0732. The molecule has 5 rings (SSSR count). The van der Waals surface area contributed by atoms with E-state index in [1.165, 1.54) is 39.7 Å². The van der Waals surface area contributed by atoms with E-state index >= 15 is 0 Å². The van der Waals surface area contributed by atoms with Gasteiger partial charge in [-0.1, -0.05) is 61.7 Å². The SMILES string of the molecule is COc1cc(C(=O)Oc2c(Br)cc(Br)cc2C=NNC(=O)c2[nH]c3c(OC)ccc(Br)c3c2-c2ccccc2Cl)cc(OC)c1OC. The van der Waals surface area contributed by atoms with Crippen molar-refractivity contribution in [3.05, 3.63) is 95.9 Å². The van der Waals surface area contributed by atoms with Crippen LogP contribution < -0.4 is 29.1 Å². The molecule has 47 heavy (non-hydrogen) atoms. The van der Waals surface area contributed by atoms with Gasteiger partial charge in [0.1, 0.15) is 11.4 Å². The number of hydrazone groups is 1. The van der Waals surface area contributed by atoms with Crippen molar-refractivity contribution in [1.82, 2.24) is 10.4 Å². The summed E-state index contributed by atoms with van der Waals surface area (Å²) >= 11 is 17.1. The minimum Gasteiger partial charge on any atom is -0.495 e. The first kappa shape index (κ1) is 34.3. The number of carbonyl (C=O) groups is 2. The fraction of sp³-hybridized carbons (Fsp3) is 0.121. The Morgan fingerprint density at radius 3 is 2.15 bits per heavy atom. The lowest BCUT2D eigenvalue weighted by Gasteiger charge is -2.15. The maximum atomic E-state index is 13.7. The Bertz CT molecular complexity index is 2020. The molecule has 0 saturated carbocycles. The Morgan fingerprint density at radius 2 is 1.51 bits per heavy atom. The zero-order valence-electron chi connectivity index (χ0n) is 25.2. The van der Waals surface area contributed by atoms with Crippen molar-refractivity contribution < 1.29 is 33.3 Å². The molecular weight excluding hydrogens is 826 g/mol. The maximum Gasteiger partial charge on any atom is 0.343 e. The number of methoxy groups -OCH3 is 4. The molecule has 2 N–H and O–H groups in total. The third-order valence-electron chi connectivity index (χ3n) is 6.96. The van der Waals surface area contributed by atoms with Gasteiger partial charge in [-0.3, -0.25) is 4.79 Å². The first-order chi connectivity index (χ1) is 22.6. The predicted molar refractivity (Wildman–Crippen MR) is 191 cm³/mol. The van der Waals surface area contributed by atoms with Gasteiger partial charge in [-0.05, 0) is 58.4 Å². The van der Waals surface area contributed by atoms with E-state index in [-0.39, 0.29) is 28.5 Å². The third kappa shape index (κ3) is 6.98. The summed E-state index contributed by atoms with van der Waals surface area (Å²) in [6.07, 6.45) is 1.36. The van der Waals surface area contributed by atoms with Crippen LogP contribution in [0.2, 0.25) is 5.02 Å². The van der Waals surface area contributed by atoms with Crippen LogP contribution in [0.4, 0.5) is 0 Å². The smallest absolute Gasteiger partial charge is 0.343 e. The second kappa shape index (κ2) is 14.8. The molecule has 0 fully saturated rings. The number of nitrogens with one attached hydrogen (secondary N) is 2. The van der Waals surface area contributed by atoms with Crippen molar-refractivity contribution in [2.24, 2.45) is 5.10 Å². The standard InChI is InChI=1S/C33H25Br3ClN3O7/c1-43-23-10-9-20(35)27-26(19-7-5-6-8-22(19)37)29(39-28(23)27)32(41)40-38-15-17-11-18(34)14-21(36)30(17)47-33(42)16-12-24(44-2)31(46-4)25(13-16)45-3/h5-15,39H,1-4H3,(H,40,41). The predicted octanol–water partition coefficient (Wildman–Crippen LogP) is 8.79. The first-order valence-corrected chi connectivity index (χ1v) is 16.3. The first-order valence-electron chi connectivity index (χ1n) is 13.6. The van der Waals surface area contributed by atoms with Gasteiger partial charge in [-0.2, -0.15) is 5.10 Å². The molecular formula is C33H25Br3ClN3O7. The molecule has 0 spiro atoms. The minimum absolute atomic E-state index is 0.151. The summed E-state index contributed by atoms with van der Waals surface area (Å²) in [5, 5.41) is 5.37. The number of rotatable bonds is 10. The fourth-order valence-corrected chi connectivity index (χ4v) is 6.96. The van der Waals surface area contributed by atoms with Crippen LogP contribution in [0.5, 0.6) is 28.7 Å². The van der Waals surface area contributed by atoms with Crippen LogP contribution in [0.15, 0.2) is 79.2 Å². The van der Waals surface area contributed by atoms with Gasteiger partial charge >= 0.3 is 5.97 Å². The number of carbonyl (C=O) groups excluding carboxylic acids is 2. The van der Waals surface area contributed by atoms with Crippen molar-refractivity contribution >= 4 is 88.4 Å². The number of hydrogen-bond donors (Lipinski definition) is 2. The van der Waals surface area contributed by atoms with E-state index in [2.05, 4.69) is 63.3 Å². The van der Waals surface area contributed by atoms with Gasteiger partial charge in [-0.15, -0.1) is 0 Å². The van der Waals surface area contributed by atoms with Gasteiger partial charge in [-0.25, -0.2) is 10.2 Å². The van der Waals surface area contributed by atoms with Gasteiger partial charge in [0.05, 0.1) is 50.2 Å². The van der Waals surface area contributed by atoms with Crippen molar-refractivity contribution in [3.8, 4) is 39.9 Å². The maximum absolute atomic E-state index is 13.7. The molecule has 5 aromatic rings. The number of benzene rings is 4. The van der Waals surface area contributed by atoms with E-state index in [1.807, 2.05) is 24.3 Å². The van der Waals surface area contributed by atoms with Crippen molar-refractivity contribution in [2.45, 2.75) is 0 Å². The van der Waals surface area contributed by atoms with Crippen LogP contribution in [0.25, 0.3) is 22.0 Å². The molecule has 0 atom stereocenters. The number of halogens is 4. The monoisotopic (exact) mass is 847 g/mol. The summed E-state index contributed by atoms with van der Waals surface area (Å²) in [5.74, 6) is 0.349. The largest absolute Gasteiger partial charge is 0.495 e. The number of H-pyrrole nitrogens is 1. The van der Waals surface area contributed by atoms with Crippen molar-refractivity contribution in [1.29, 1.82) is 0 Å². The molecule has 4 aromatic carbocycles. The number of esters is 1. The molecule has 1 heterocycles. The van der Waals surface area contributed by atoms with Crippen LogP contribution in [0.1, 0.15) is 26.4 Å². The van der Waals surface area contributed by atoms with Gasteiger partial charge in [0.2, 0.25) is 5.75 Å². The number of nitrogens with zero attached hydrogens (tertiary/aromatic N) is 1. The van der Waals surface area contributed by atoms with E-state index in [0.717, 1.165) is 4.47 Å². The highest BCUT2D eigenvalue weighted by molar-refractivity contribution is 9.11. The highest BCUT2D eigenvalue weighted by atomic mass is 79.9. The molecule has 1 aromatic heterocycles. The van der Waals surface area contributed by atoms with E-state index in [0.29, 0.717) is 53.1 Å². The van der Waals surface area contributed by atoms with Crippen LogP contribution >= 0.6 is 59.4 Å². The summed E-state index contributed by atoms with van der Waals surface area (Å²) < 4.78 is 29.3. The van der Waals surface area contributed by atoms with Crippen molar-refractivity contribution in [2.75, 3.05) is 28.4 Å². The number of fused-ring (bicyclic) bond motifs is 1. The molecule has 242 valence electrons. The number of hydrogen-bond acceptors (Lipinski definition) is 8. The van der Waals surface area contributed by atoms with E-state index in [9.17, 15) is 9.59 Å². The average molecular weight is 851 g/mol. The topological polar surface area (TPSA) is 120 Å². The number of aromatic nitrogens is 1. The summed E-state index contributed by atoms with van der Waals surface area (Å²) in [5.41, 5.74) is 5.11. The van der Waals surface area contributed by atoms with Crippen LogP contribution in [0, 0.1) is 0 Å². The fourth-order valence-electron chi connectivity index (χ4n) is 4.86. The van der Waals surface area contributed by atoms with Crippen molar-refractivity contribution in [3.63, 3.8) is 0 Å². The quantitative estimate of drug-likeness (QED) is 0.0624. The Kier molecular flexibility index (Phi) is 10.8. The zero-order chi connectivity index (χ0) is 33.8. The van der Waals surface area contributed by atoms with Gasteiger partial charge in [0, 0.05) is 36.0 Å². The molecule has 0 unspecified atom stereocenters. The summed E-state index contributed by atoms with van der Waals surface area (Å²) in [4.78, 5) is 30.2. The Balaban J connectivity index is 1.49. The molecule has 0 radical (unpaired) electrons. The van der Waals surface area contributed by atoms with E-state index in [4.69, 9.17) is 35.3 Å². The molecule has 0 bridgehead atoms. The van der Waals surface area contributed by atoms with Gasteiger partial charge in [0.15, 0.2) is 17.2 Å². The molecule has 0 aliphatic carbocycles. The average Bonchev–Trinajstić information content (AvgIpc) is 3.47. The molecule has 0 saturated heterocycles. The Morgan fingerprint density at radius 1 is 0.830 bits per heavy atom. The zero-order valence-corrected chi connectivity index (χ0v) is 30.7. The summed E-state index contributed by atoms with van der Waals surface area (Å²) in [7, 11) is 5.91. The second-order valence-electron chi connectivity index (χ2n) is 9.66. The number of ether oxygens (including phenoxy) is 5. The Hall–Kier alpha value is -4.04. The second-order valence-corrected chi connectivity index (χ2v) is 12.7. The van der Waals surface area contributed by atoms with Crippen LogP contribution in [-0.4, -0.2) is 51.5 Å². The molecule has 0 aliphatic rings. The van der Waals surface area contributed by atoms with Crippen LogP contribution in [0.3, 0.4) is 0 Å². The minimum atomic E-state index is -0.701. The number of amides is 1. The summed E-state index contributed by atoms with van der Waals surface area (Å²) in [6.45, 7) is 0. The summed E-state index contributed by atoms with van der Waals surface area (Å²) in [6, 6.07) is 17.2. The van der Waals surface area contributed by atoms with Crippen LogP contribution in [-0.2, 0) is 0 Å². The van der Waals surface area contributed by atoms with Gasteiger partial charge in [0.25, 0.3) is 5.91 Å². The highest BCUT2D eigenvalue weighted by Gasteiger charge is 2.25. The molecule has 1 amide bonds. The Labute approximate surface area is 299 Å². The number of aromatic amines is 1. The molecule has 10 nitrogen and oxygen atoms in total. The highest BCUT2D eigenvalue weighted by Crippen LogP contribution is 2.43. The van der Waals surface area contributed by atoms with E-state index in [1.54, 1.807) is 31.4 Å². The molecule has 14 heteroatoms. The van der Waals surface area contributed by atoms with Gasteiger partial charge < -0.3 is 28.7 Å². The lowest BCUT2D eigenvalue weighted by atomic mass is 10.0. The normalized spacial score (nSPS) is 11.1. The third-order valence-corrected chi connectivity index (χ3v) is 9.00. The lowest BCUT2D eigenvalue weighted by Crippen LogP contribution is -2.19. The van der Waals surface area contributed by atoms with E-state index < -0.39 is 11.9 Å².